The van der Waals surface area contributed by atoms with Crippen LogP contribution in [0.15, 0.2) is 18.2 Å². The molecule has 3 heteroatoms. The van der Waals surface area contributed by atoms with E-state index in [2.05, 4.69) is 25.1 Å². The van der Waals surface area contributed by atoms with Crippen LogP contribution in [0.5, 0.6) is 5.75 Å². The standard InChI is InChI=1S/C21H30O3/c1-21-10-9-16-15-8-6-14(22-2)11-13(15)5-7-17(16)18(21)12-19(23-3)20(21)24-4/h6,8,11,16-20H,5,7,9-10,12H2,1-4H3/t16-,17-,18+,19-,20-,21+/m1/s1. The van der Waals surface area contributed by atoms with Gasteiger partial charge in [0.25, 0.3) is 0 Å². The summed E-state index contributed by atoms with van der Waals surface area (Å²) in [5.74, 6) is 3.17. The van der Waals surface area contributed by atoms with Crippen LogP contribution in [0.2, 0.25) is 0 Å². The Labute approximate surface area is 145 Å². The van der Waals surface area contributed by atoms with Gasteiger partial charge in [-0.05, 0) is 78.5 Å². The zero-order valence-corrected chi connectivity index (χ0v) is 15.4. The van der Waals surface area contributed by atoms with E-state index >= 15 is 0 Å². The maximum Gasteiger partial charge on any atom is 0.119 e. The predicted molar refractivity (Wildman–Crippen MR) is 94.6 cm³/mol. The van der Waals surface area contributed by atoms with Gasteiger partial charge in [0.1, 0.15) is 5.75 Å². The van der Waals surface area contributed by atoms with Gasteiger partial charge >= 0.3 is 0 Å². The highest BCUT2D eigenvalue weighted by Gasteiger charge is 2.58. The summed E-state index contributed by atoms with van der Waals surface area (Å²) in [6.07, 6.45) is 6.62. The molecule has 0 radical (unpaired) electrons. The molecular formula is C21H30O3. The average molecular weight is 330 g/mol. The Morgan fingerprint density at radius 2 is 1.92 bits per heavy atom. The smallest absolute Gasteiger partial charge is 0.119 e. The van der Waals surface area contributed by atoms with Crippen molar-refractivity contribution in [2.45, 2.75) is 57.2 Å². The highest BCUT2D eigenvalue weighted by molar-refractivity contribution is 5.40. The van der Waals surface area contributed by atoms with E-state index in [1.165, 1.54) is 31.2 Å². The summed E-state index contributed by atoms with van der Waals surface area (Å²) in [7, 11) is 5.46. The van der Waals surface area contributed by atoms with Gasteiger partial charge < -0.3 is 14.2 Å². The third kappa shape index (κ3) is 2.24. The molecule has 2 fully saturated rings. The van der Waals surface area contributed by atoms with E-state index in [4.69, 9.17) is 14.2 Å². The molecule has 3 aliphatic rings. The van der Waals surface area contributed by atoms with Crippen molar-refractivity contribution in [3.63, 3.8) is 0 Å². The fraction of sp³-hybridized carbons (Fsp3) is 0.714. The minimum absolute atomic E-state index is 0.241. The molecule has 1 aromatic carbocycles. The lowest BCUT2D eigenvalue weighted by Crippen LogP contribution is -2.45. The Kier molecular flexibility index (Phi) is 4.12. The van der Waals surface area contributed by atoms with Crippen LogP contribution < -0.4 is 4.74 Å². The minimum Gasteiger partial charge on any atom is -0.497 e. The van der Waals surface area contributed by atoms with E-state index < -0.39 is 0 Å². The molecule has 0 heterocycles. The molecule has 3 aliphatic carbocycles. The lowest BCUT2D eigenvalue weighted by Gasteiger charge is -2.50. The first-order valence-electron chi connectivity index (χ1n) is 9.34. The second-order valence-corrected chi connectivity index (χ2v) is 8.19. The van der Waals surface area contributed by atoms with E-state index in [1.807, 2.05) is 14.2 Å². The Hall–Kier alpha value is -1.06. The number of methoxy groups -OCH3 is 3. The predicted octanol–water partition coefficient (Wildman–Crippen LogP) is 4.19. The molecule has 6 atom stereocenters. The quantitative estimate of drug-likeness (QED) is 0.831. The molecule has 0 saturated heterocycles. The summed E-state index contributed by atoms with van der Waals surface area (Å²) in [6, 6.07) is 6.72. The van der Waals surface area contributed by atoms with E-state index in [-0.39, 0.29) is 17.6 Å². The maximum absolute atomic E-state index is 5.93. The molecule has 0 amide bonds. The number of benzene rings is 1. The molecule has 0 aromatic heterocycles. The molecule has 0 N–H and O–H groups in total. The molecular weight excluding hydrogens is 300 g/mol. The van der Waals surface area contributed by atoms with Crippen molar-refractivity contribution in [1.82, 2.24) is 0 Å². The SMILES string of the molecule is COc1ccc2c(c1)CC[C@@H]1[C@@H]2CC[C@]2(C)[C@H](OC)[C@H](OC)C[C@@H]12. The fourth-order valence-electron chi connectivity index (χ4n) is 6.27. The summed E-state index contributed by atoms with van der Waals surface area (Å²) < 4.78 is 17.2. The van der Waals surface area contributed by atoms with Gasteiger partial charge in [0.05, 0.1) is 19.3 Å². The third-order valence-electron chi connectivity index (χ3n) is 7.40. The maximum atomic E-state index is 5.93. The lowest BCUT2D eigenvalue weighted by molar-refractivity contribution is -0.0832. The van der Waals surface area contributed by atoms with Gasteiger partial charge in [-0.2, -0.15) is 0 Å². The Morgan fingerprint density at radius 1 is 1.08 bits per heavy atom. The number of ether oxygens (including phenoxy) is 3. The Morgan fingerprint density at radius 3 is 2.62 bits per heavy atom. The van der Waals surface area contributed by atoms with Crippen molar-refractivity contribution >= 4 is 0 Å². The summed E-state index contributed by atoms with van der Waals surface area (Å²) in [4.78, 5) is 0. The number of hydrogen-bond donors (Lipinski definition) is 0. The molecule has 2 saturated carbocycles. The third-order valence-corrected chi connectivity index (χ3v) is 7.40. The zero-order chi connectivity index (χ0) is 16.9. The highest BCUT2D eigenvalue weighted by Crippen LogP contribution is 2.61. The van der Waals surface area contributed by atoms with Crippen LogP contribution >= 0.6 is 0 Å². The van der Waals surface area contributed by atoms with Crippen molar-refractivity contribution in [3.8, 4) is 5.75 Å². The van der Waals surface area contributed by atoms with Gasteiger partial charge in [0.15, 0.2) is 0 Å². The van der Waals surface area contributed by atoms with Crippen molar-refractivity contribution < 1.29 is 14.2 Å². The topological polar surface area (TPSA) is 27.7 Å². The van der Waals surface area contributed by atoms with Crippen LogP contribution in [0.4, 0.5) is 0 Å². The van der Waals surface area contributed by atoms with Crippen LogP contribution in [0, 0.1) is 17.3 Å². The fourth-order valence-corrected chi connectivity index (χ4v) is 6.27. The average Bonchev–Trinajstić information content (AvgIpc) is 2.92. The molecule has 0 unspecified atom stereocenters. The van der Waals surface area contributed by atoms with E-state index in [9.17, 15) is 0 Å². The van der Waals surface area contributed by atoms with Crippen molar-refractivity contribution in [2.75, 3.05) is 21.3 Å². The summed E-state index contributed by atoms with van der Waals surface area (Å²) in [5, 5.41) is 0. The molecule has 24 heavy (non-hydrogen) atoms. The molecule has 0 spiro atoms. The van der Waals surface area contributed by atoms with Gasteiger partial charge in [0.2, 0.25) is 0 Å². The van der Waals surface area contributed by atoms with Crippen LogP contribution in [0.25, 0.3) is 0 Å². The monoisotopic (exact) mass is 330 g/mol. The first-order chi connectivity index (χ1) is 11.6. The van der Waals surface area contributed by atoms with Gasteiger partial charge in [0, 0.05) is 14.2 Å². The number of aryl methyl sites for hydroxylation is 1. The van der Waals surface area contributed by atoms with Crippen molar-refractivity contribution in [2.24, 2.45) is 17.3 Å². The number of rotatable bonds is 3. The molecule has 1 aromatic rings. The first-order valence-corrected chi connectivity index (χ1v) is 9.34. The molecule has 0 bridgehead atoms. The molecule has 132 valence electrons. The van der Waals surface area contributed by atoms with Crippen molar-refractivity contribution in [3.05, 3.63) is 29.3 Å². The largest absolute Gasteiger partial charge is 0.497 e. The van der Waals surface area contributed by atoms with Gasteiger partial charge in [-0.15, -0.1) is 0 Å². The van der Waals surface area contributed by atoms with Crippen LogP contribution in [-0.2, 0) is 15.9 Å². The van der Waals surface area contributed by atoms with E-state index in [1.54, 1.807) is 12.7 Å². The zero-order valence-electron chi connectivity index (χ0n) is 15.4. The van der Waals surface area contributed by atoms with Crippen LogP contribution in [0.1, 0.15) is 49.7 Å². The molecule has 0 aliphatic heterocycles. The van der Waals surface area contributed by atoms with Crippen LogP contribution in [-0.4, -0.2) is 33.5 Å². The minimum atomic E-state index is 0.241. The normalized spacial score (nSPS) is 40.6. The van der Waals surface area contributed by atoms with Crippen molar-refractivity contribution in [1.29, 1.82) is 0 Å². The van der Waals surface area contributed by atoms with Gasteiger partial charge in [-0.1, -0.05) is 13.0 Å². The summed E-state index contributed by atoms with van der Waals surface area (Å²) >= 11 is 0. The summed E-state index contributed by atoms with van der Waals surface area (Å²) in [6.45, 7) is 2.45. The van der Waals surface area contributed by atoms with E-state index in [0.717, 1.165) is 18.1 Å². The summed E-state index contributed by atoms with van der Waals surface area (Å²) in [5.41, 5.74) is 3.34. The lowest BCUT2D eigenvalue weighted by atomic mass is 9.55. The van der Waals surface area contributed by atoms with E-state index in [0.29, 0.717) is 11.8 Å². The number of hydrogen-bond acceptors (Lipinski definition) is 3. The molecule has 4 rings (SSSR count). The van der Waals surface area contributed by atoms with Gasteiger partial charge in [-0.25, -0.2) is 0 Å². The highest BCUT2D eigenvalue weighted by atomic mass is 16.5. The Balaban J connectivity index is 1.66. The Bertz CT molecular complexity index is 613. The first kappa shape index (κ1) is 16.4. The molecule has 3 nitrogen and oxygen atoms in total. The second kappa shape index (κ2) is 6.03. The van der Waals surface area contributed by atoms with Crippen LogP contribution in [0.3, 0.4) is 0 Å². The van der Waals surface area contributed by atoms with Gasteiger partial charge in [-0.3, -0.25) is 0 Å². The number of fused-ring (bicyclic) bond motifs is 5. The second-order valence-electron chi connectivity index (χ2n) is 8.19.